The van der Waals surface area contributed by atoms with Crippen LogP contribution in [-0.4, -0.2) is 35.6 Å². The monoisotopic (exact) mass is 266 g/mol. The second kappa shape index (κ2) is 6.58. The molecule has 0 aromatic carbocycles. The van der Waals surface area contributed by atoms with Crippen LogP contribution in [0.2, 0.25) is 0 Å². The number of nitrogens with one attached hydrogen (secondary N) is 1. The van der Waals surface area contributed by atoms with Crippen LogP contribution in [0.4, 0.5) is 0 Å². The van der Waals surface area contributed by atoms with E-state index >= 15 is 0 Å². The highest BCUT2D eigenvalue weighted by atomic mass is 15.3. The predicted octanol–water partition coefficient (Wildman–Crippen LogP) is 3.81. The lowest BCUT2D eigenvalue weighted by molar-refractivity contribution is 0.0282. The molecule has 0 aromatic rings. The number of hydrogen-bond donors (Lipinski definition) is 1. The smallest absolute Gasteiger partial charge is 0.0304 e. The van der Waals surface area contributed by atoms with Gasteiger partial charge in [-0.1, -0.05) is 40.5 Å². The van der Waals surface area contributed by atoms with E-state index in [1.807, 2.05) is 0 Å². The van der Waals surface area contributed by atoms with E-state index < -0.39 is 0 Å². The lowest BCUT2D eigenvalue weighted by Crippen LogP contribution is -2.65. The normalized spacial score (nSPS) is 29.4. The molecular formula is C17H34N2. The quantitative estimate of drug-likeness (QED) is 0.754. The van der Waals surface area contributed by atoms with Gasteiger partial charge in [0.1, 0.15) is 0 Å². The SMILES string of the molecule is CCC1CNC(CC)(CC)CN1C(CC)CC1CC1. The molecule has 2 aliphatic rings. The largest absolute Gasteiger partial charge is 0.308 e. The predicted molar refractivity (Wildman–Crippen MR) is 83.5 cm³/mol. The van der Waals surface area contributed by atoms with Crippen molar-refractivity contribution < 1.29 is 0 Å². The molecule has 1 aliphatic carbocycles. The van der Waals surface area contributed by atoms with Crippen LogP contribution in [-0.2, 0) is 0 Å². The standard InChI is InChI=1S/C17H34N2/c1-5-15(11-14-9-10-14)19-13-17(7-3,8-4)18-12-16(19)6-2/h14-16,18H,5-13H2,1-4H3. The lowest BCUT2D eigenvalue weighted by atomic mass is 9.86. The van der Waals surface area contributed by atoms with Crippen LogP contribution in [0.25, 0.3) is 0 Å². The van der Waals surface area contributed by atoms with Crippen LogP contribution in [0.5, 0.6) is 0 Å². The van der Waals surface area contributed by atoms with E-state index in [4.69, 9.17) is 0 Å². The molecule has 1 aliphatic heterocycles. The second-order valence-electron chi connectivity index (χ2n) is 6.84. The maximum atomic E-state index is 3.87. The fourth-order valence-electron chi connectivity index (χ4n) is 3.79. The number of piperazine rings is 1. The summed E-state index contributed by atoms with van der Waals surface area (Å²) in [4.78, 5) is 2.88. The third-order valence-corrected chi connectivity index (χ3v) is 5.73. The summed E-state index contributed by atoms with van der Waals surface area (Å²) in [6.07, 6.45) is 9.58. The van der Waals surface area contributed by atoms with Crippen molar-refractivity contribution in [3.63, 3.8) is 0 Å². The Bertz CT molecular complexity index is 268. The Morgan fingerprint density at radius 3 is 2.32 bits per heavy atom. The highest BCUT2D eigenvalue weighted by Crippen LogP contribution is 2.37. The summed E-state index contributed by atoms with van der Waals surface area (Å²) in [5.41, 5.74) is 0.378. The molecule has 112 valence electrons. The first-order chi connectivity index (χ1) is 9.18. The molecule has 2 unspecified atom stereocenters. The van der Waals surface area contributed by atoms with Gasteiger partial charge >= 0.3 is 0 Å². The van der Waals surface area contributed by atoms with Gasteiger partial charge in [-0.2, -0.15) is 0 Å². The van der Waals surface area contributed by atoms with E-state index in [0.717, 1.165) is 18.0 Å². The molecule has 0 aromatic heterocycles. The van der Waals surface area contributed by atoms with Crippen LogP contribution in [0.3, 0.4) is 0 Å². The first-order valence-corrected chi connectivity index (χ1v) is 8.68. The Kier molecular flexibility index (Phi) is 5.30. The molecule has 0 radical (unpaired) electrons. The first kappa shape index (κ1) is 15.3. The summed E-state index contributed by atoms with van der Waals surface area (Å²) in [6.45, 7) is 11.9. The maximum Gasteiger partial charge on any atom is 0.0304 e. The van der Waals surface area contributed by atoms with Gasteiger partial charge in [-0.3, -0.25) is 4.90 Å². The van der Waals surface area contributed by atoms with Crippen LogP contribution < -0.4 is 5.32 Å². The van der Waals surface area contributed by atoms with E-state index in [-0.39, 0.29) is 0 Å². The Hall–Kier alpha value is -0.0800. The van der Waals surface area contributed by atoms with Gasteiger partial charge in [0.2, 0.25) is 0 Å². The summed E-state index contributed by atoms with van der Waals surface area (Å²) in [7, 11) is 0. The zero-order chi connectivity index (χ0) is 13.9. The third kappa shape index (κ3) is 3.52. The summed E-state index contributed by atoms with van der Waals surface area (Å²) < 4.78 is 0. The fourth-order valence-corrected chi connectivity index (χ4v) is 3.79. The van der Waals surface area contributed by atoms with Crippen molar-refractivity contribution >= 4 is 0 Å². The highest BCUT2D eigenvalue weighted by molar-refractivity contribution is 4.99. The van der Waals surface area contributed by atoms with Crippen LogP contribution in [0, 0.1) is 5.92 Å². The molecule has 2 atom stereocenters. The Morgan fingerprint density at radius 2 is 1.84 bits per heavy atom. The molecule has 1 heterocycles. The molecule has 19 heavy (non-hydrogen) atoms. The minimum absolute atomic E-state index is 0.378. The van der Waals surface area contributed by atoms with Gasteiger partial charge < -0.3 is 5.32 Å². The summed E-state index contributed by atoms with van der Waals surface area (Å²) in [6, 6.07) is 1.59. The van der Waals surface area contributed by atoms with Gasteiger partial charge in [0, 0.05) is 30.7 Å². The molecule has 0 amide bonds. The molecule has 1 N–H and O–H groups in total. The molecule has 2 fully saturated rings. The summed E-state index contributed by atoms with van der Waals surface area (Å²) in [5, 5.41) is 3.87. The van der Waals surface area contributed by atoms with Crippen molar-refractivity contribution in [3.05, 3.63) is 0 Å². The fraction of sp³-hybridized carbons (Fsp3) is 1.00. The number of nitrogens with zero attached hydrogens (tertiary/aromatic N) is 1. The molecule has 0 spiro atoms. The first-order valence-electron chi connectivity index (χ1n) is 8.68. The second-order valence-corrected chi connectivity index (χ2v) is 6.84. The molecule has 2 nitrogen and oxygen atoms in total. The molecule has 1 saturated heterocycles. The van der Waals surface area contributed by atoms with E-state index in [9.17, 15) is 0 Å². The van der Waals surface area contributed by atoms with E-state index in [0.29, 0.717) is 5.54 Å². The van der Waals surface area contributed by atoms with Crippen LogP contribution >= 0.6 is 0 Å². The highest BCUT2D eigenvalue weighted by Gasteiger charge is 2.39. The molecule has 1 saturated carbocycles. The van der Waals surface area contributed by atoms with Crippen molar-refractivity contribution in [2.24, 2.45) is 5.92 Å². The summed E-state index contributed by atoms with van der Waals surface area (Å²) in [5.74, 6) is 1.05. The minimum Gasteiger partial charge on any atom is -0.308 e. The van der Waals surface area contributed by atoms with Gasteiger partial charge in [-0.25, -0.2) is 0 Å². The lowest BCUT2D eigenvalue weighted by Gasteiger charge is -2.50. The summed E-state index contributed by atoms with van der Waals surface area (Å²) >= 11 is 0. The maximum absolute atomic E-state index is 3.87. The van der Waals surface area contributed by atoms with Gasteiger partial charge in [0.25, 0.3) is 0 Å². The Balaban J connectivity index is 2.06. The van der Waals surface area contributed by atoms with E-state index in [1.54, 1.807) is 0 Å². The van der Waals surface area contributed by atoms with Gasteiger partial charge in [-0.05, 0) is 38.0 Å². The Morgan fingerprint density at radius 1 is 1.16 bits per heavy atom. The minimum atomic E-state index is 0.378. The zero-order valence-corrected chi connectivity index (χ0v) is 13.5. The number of hydrogen-bond acceptors (Lipinski definition) is 2. The molecule has 0 bridgehead atoms. The van der Waals surface area contributed by atoms with Crippen molar-refractivity contribution in [2.75, 3.05) is 13.1 Å². The molecular weight excluding hydrogens is 232 g/mol. The van der Waals surface area contributed by atoms with Gasteiger partial charge in [0.15, 0.2) is 0 Å². The third-order valence-electron chi connectivity index (χ3n) is 5.73. The zero-order valence-electron chi connectivity index (χ0n) is 13.5. The van der Waals surface area contributed by atoms with Crippen molar-refractivity contribution in [3.8, 4) is 0 Å². The average molecular weight is 266 g/mol. The van der Waals surface area contributed by atoms with Crippen molar-refractivity contribution in [1.29, 1.82) is 0 Å². The van der Waals surface area contributed by atoms with E-state index in [2.05, 4.69) is 37.9 Å². The topological polar surface area (TPSA) is 15.3 Å². The van der Waals surface area contributed by atoms with Gasteiger partial charge in [-0.15, -0.1) is 0 Å². The number of rotatable bonds is 7. The van der Waals surface area contributed by atoms with E-state index in [1.165, 1.54) is 58.0 Å². The molecule has 2 rings (SSSR count). The Labute approximate surface area is 120 Å². The average Bonchev–Trinajstić information content (AvgIpc) is 3.28. The molecule has 2 heteroatoms. The van der Waals surface area contributed by atoms with Crippen molar-refractivity contribution in [1.82, 2.24) is 10.2 Å². The van der Waals surface area contributed by atoms with Gasteiger partial charge in [0.05, 0.1) is 0 Å². The van der Waals surface area contributed by atoms with Crippen molar-refractivity contribution in [2.45, 2.75) is 90.3 Å². The van der Waals surface area contributed by atoms with Crippen LogP contribution in [0.15, 0.2) is 0 Å². The van der Waals surface area contributed by atoms with Crippen LogP contribution in [0.1, 0.15) is 72.6 Å².